The summed E-state index contributed by atoms with van der Waals surface area (Å²) in [7, 11) is 1.59. The zero-order valence-electron chi connectivity index (χ0n) is 22.2. The number of carbonyl (C=O) groups is 3. The molecule has 4 rings (SSSR count). The molecule has 1 unspecified atom stereocenters. The molecule has 40 heavy (non-hydrogen) atoms. The largest absolute Gasteiger partial charge is 0.416 e. The third kappa shape index (κ3) is 7.79. The van der Waals surface area contributed by atoms with Gasteiger partial charge in [0.2, 0.25) is 5.91 Å². The summed E-state index contributed by atoms with van der Waals surface area (Å²) in [5.74, 6) is -0.815. The van der Waals surface area contributed by atoms with E-state index in [1.165, 1.54) is 6.07 Å². The van der Waals surface area contributed by atoms with Crippen molar-refractivity contribution in [2.24, 2.45) is 5.92 Å². The van der Waals surface area contributed by atoms with Gasteiger partial charge >= 0.3 is 6.18 Å². The van der Waals surface area contributed by atoms with E-state index in [4.69, 9.17) is 0 Å². The number of rotatable bonds is 9. The Balaban J connectivity index is 1.38. The topological polar surface area (TPSA) is 87.3 Å². The van der Waals surface area contributed by atoms with Crippen LogP contribution in [0.25, 0.3) is 0 Å². The van der Waals surface area contributed by atoms with E-state index in [0.29, 0.717) is 36.9 Å². The Bertz CT molecular complexity index is 1370. The first-order valence-electron chi connectivity index (χ1n) is 13.2. The predicted octanol–water partition coefficient (Wildman–Crippen LogP) is 4.95. The summed E-state index contributed by atoms with van der Waals surface area (Å²) in [4.78, 5) is 36.9. The Kier molecular flexibility index (Phi) is 9.37. The van der Waals surface area contributed by atoms with Crippen LogP contribution in [0.3, 0.4) is 0 Å². The number of Topliss-reactive ketones (excluding diaryl/α,β-unsaturated/α-hetero) is 1. The van der Waals surface area contributed by atoms with Gasteiger partial charge < -0.3 is 16.0 Å². The van der Waals surface area contributed by atoms with E-state index in [2.05, 4.69) is 16.0 Å². The first-order chi connectivity index (χ1) is 19.1. The van der Waals surface area contributed by atoms with Crippen molar-refractivity contribution >= 4 is 23.3 Å². The van der Waals surface area contributed by atoms with Gasteiger partial charge in [-0.3, -0.25) is 14.4 Å². The smallest absolute Gasteiger partial charge is 0.355 e. The van der Waals surface area contributed by atoms with Crippen molar-refractivity contribution in [3.05, 3.63) is 100 Å². The molecular formula is C31H32F3N3O3. The van der Waals surface area contributed by atoms with E-state index in [9.17, 15) is 27.6 Å². The molecule has 1 saturated heterocycles. The molecule has 210 valence electrons. The Morgan fingerprint density at radius 3 is 2.42 bits per heavy atom. The molecule has 1 heterocycles. The van der Waals surface area contributed by atoms with Gasteiger partial charge in [-0.15, -0.1) is 0 Å². The summed E-state index contributed by atoms with van der Waals surface area (Å²) in [6.45, 7) is 0.911. The Morgan fingerprint density at radius 2 is 1.73 bits per heavy atom. The van der Waals surface area contributed by atoms with E-state index in [1.54, 1.807) is 13.1 Å². The highest BCUT2D eigenvalue weighted by Crippen LogP contribution is 2.33. The molecule has 0 saturated carbocycles. The van der Waals surface area contributed by atoms with Crippen LogP contribution >= 0.6 is 0 Å². The molecule has 0 aromatic heterocycles. The second-order valence-electron chi connectivity index (χ2n) is 10.0. The van der Waals surface area contributed by atoms with Crippen LogP contribution in [0.1, 0.15) is 51.0 Å². The van der Waals surface area contributed by atoms with Gasteiger partial charge in [-0.05, 0) is 78.7 Å². The molecule has 3 aromatic carbocycles. The summed E-state index contributed by atoms with van der Waals surface area (Å²) < 4.78 is 40.1. The first-order valence-corrected chi connectivity index (χ1v) is 13.2. The van der Waals surface area contributed by atoms with Gasteiger partial charge in [0.15, 0.2) is 0 Å². The van der Waals surface area contributed by atoms with Crippen molar-refractivity contribution in [3.63, 3.8) is 0 Å². The van der Waals surface area contributed by atoms with Crippen molar-refractivity contribution in [1.82, 2.24) is 10.6 Å². The number of ketones is 1. The average Bonchev–Trinajstić information content (AvgIpc) is 2.94. The van der Waals surface area contributed by atoms with Crippen LogP contribution < -0.4 is 16.0 Å². The number of nitrogens with one attached hydrogen (secondary N) is 3. The number of halogens is 3. The minimum absolute atomic E-state index is 0.0195. The van der Waals surface area contributed by atoms with Gasteiger partial charge in [0.05, 0.1) is 12.1 Å². The SMILES string of the molecule is CNC(=O)c1cccc(Cc2ccc(CCC(=O)Nc3cc(C(F)(F)F)ccc3CC3CCNCC3=O)cc2)c1. The number of hydrogen-bond donors (Lipinski definition) is 3. The van der Waals surface area contributed by atoms with Crippen molar-refractivity contribution in [2.75, 3.05) is 25.5 Å². The van der Waals surface area contributed by atoms with Crippen LogP contribution in [0.5, 0.6) is 0 Å². The zero-order valence-corrected chi connectivity index (χ0v) is 22.2. The lowest BCUT2D eigenvalue weighted by Gasteiger charge is -2.23. The monoisotopic (exact) mass is 551 g/mol. The summed E-state index contributed by atoms with van der Waals surface area (Å²) in [5, 5.41) is 8.27. The first kappa shape index (κ1) is 29.0. The highest BCUT2D eigenvalue weighted by molar-refractivity contribution is 5.94. The normalized spacial score (nSPS) is 15.5. The Labute approximate surface area is 231 Å². The lowest BCUT2D eigenvalue weighted by molar-refractivity contribution is -0.137. The molecule has 1 atom stereocenters. The highest BCUT2D eigenvalue weighted by atomic mass is 19.4. The maximum atomic E-state index is 13.4. The Hall–Kier alpha value is -3.98. The number of carbonyl (C=O) groups excluding carboxylic acids is 3. The standard InChI is InChI=1S/C31H32F3N3O3/c1-35-30(40)25-4-2-3-22(16-25)15-21-7-5-20(6-8-21)9-12-29(39)37-27-18-26(31(32,33)34)11-10-23(27)17-24-13-14-36-19-28(24)38/h2-8,10-11,16,18,24,36H,9,12-15,17,19H2,1H3,(H,35,40)(H,37,39). The number of hydrogen-bond acceptors (Lipinski definition) is 4. The quantitative estimate of drug-likeness (QED) is 0.351. The van der Waals surface area contributed by atoms with Gasteiger partial charge in [-0.2, -0.15) is 13.2 Å². The van der Waals surface area contributed by atoms with Gasteiger partial charge in [0, 0.05) is 30.6 Å². The lowest BCUT2D eigenvalue weighted by atomic mass is 9.89. The minimum Gasteiger partial charge on any atom is -0.355 e. The Morgan fingerprint density at radius 1 is 0.975 bits per heavy atom. The van der Waals surface area contributed by atoms with Crippen molar-refractivity contribution in [2.45, 2.75) is 38.3 Å². The molecule has 0 aliphatic carbocycles. The second-order valence-corrected chi connectivity index (χ2v) is 10.0. The molecule has 0 spiro atoms. The number of benzene rings is 3. The number of aryl methyl sites for hydroxylation is 1. The third-order valence-electron chi connectivity index (χ3n) is 7.09. The number of anilines is 1. The summed E-state index contributed by atoms with van der Waals surface area (Å²) >= 11 is 0. The summed E-state index contributed by atoms with van der Waals surface area (Å²) in [6.07, 6.45) is -2.52. The molecule has 1 aliphatic rings. The fourth-order valence-corrected chi connectivity index (χ4v) is 4.82. The van der Waals surface area contributed by atoms with Gasteiger partial charge in [-0.1, -0.05) is 42.5 Å². The van der Waals surface area contributed by atoms with Crippen LogP contribution in [-0.4, -0.2) is 37.7 Å². The molecule has 3 aromatic rings. The van der Waals surface area contributed by atoms with E-state index in [-0.39, 0.29) is 42.7 Å². The molecular weight excluding hydrogens is 519 g/mol. The van der Waals surface area contributed by atoms with E-state index < -0.39 is 17.6 Å². The predicted molar refractivity (Wildman–Crippen MR) is 147 cm³/mol. The number of alkyl halides is 3. The molecule has 0 radical (unpaired) electrons. The maximum absolute atomic E-state index is 13.4. The van der Waals surface area contributed by atoms with Crippen molar-refractivity contribution in [1.29, 1.82) is 0 Å². The maximum Gasteiger partial charge on any atom is 0.416 e. The number of piperidine rings is 1. The van der Waals surface area contributed by atoms with Crippen LogP contribution in [-0.2, 0) is 35.0 Å². The van der Waals surface area contributed by atoms with Gasteiger partial charge in [0.1, 0.15) is 5.78 Å². The average molecular weight is 552 g/mol. The highest BCUT2D eigenvalue weighted by Gasteiger charge is 2.32. The van der Waals surface area contributed by atoms with Crippen LogP contribution in [0, 0.1) is 5.92 Å². The second kappa shape index (κ2) is 12.9. The molecule has 0 bridgehead atoms. The molecule has 9 heteroatoms. The van der Waals surface area contributed by atoms with E-state index in [0.717, 1.165) is 28.8 Å². The van der Waals surface area contributed by atoms with Crippen molar-refractivity contribution < 1.29 is 27.6 Å². The number of amides is 2. The van der Waals surface area contributed by atoms with Crippen LogP contribution in [0.2, 0.25) is 0 Å². The third-order valence-corrected chi connectivity index (χ3v) is 7.09. The minimum atomic E-state index is -4.55. The molecule has 1 fully saturated rings. The van der Waals surface area contributed by atoms with Crippen LogP contribution in [0.15, 0.2) is 66.7 Å². The fourth-order valence-electron chi connectivity index (χ4n) is 4.82. The van der Waals surface area contributed by atoms with Crippen molar-refractivity contribution in [3.8, 4) is 0 Å². The lowest BCUT2D eigenvalue weighted by Crippen LogP contribution is -2.37. The van der Waals surface area contributed by atoms with Gasteiger partial charge in [-0.25, -0.2) is 0 Å². The summed E-state index contributed by atoms with van der Waals surface area (Å²) in [6, 6.07) is 18.5. The molecule has 6 nitrogen and oxygen atoms in total. The molecule has 3 N–H and O–H groups in total. The molecule has 2 amide bonds. The van der Waals surface area contributed by atoms with Crippen LogP contribution in [0.4, 0.5) is 18.9 Å². The van der Waals surface area contributed by atoms with Gasteiger partial charge in [0.25, 0.3) is 5.91 Å². The van der Waals surface area contributed by atoms with E-state index in [1.807, 2.05) is 42.5 Å². The fraction of sp³-hybridized carbons (Fsp3) is 0.323. The summed E-state index contributed by atoms with van der Waals surface area (Å²) in [5.41, 5.74) is 3.32. The zero-order chi connectivity index (χ0) is 28.7. The molecule has 1 aliphatic heterocycles. The van der Waals surface area contributed by atoms with E-state index >= 15 is 0 Å².